The maximum absolute atomic E-state index is 13.3. The Hall–Kier alpha value is -2.89. The number of hydrogen-bond donors (Lipinski definition) is 0. The van der Waals surface area contributed by atoms with E-state index in [0.29, 0.717) is 25.4 Å². The van der Waals surface area contributed by atoms with Gasteiger partial charge in [-0.25, -0.2) is 0 Å². The number of likely N-dealkylation sites (tertiary alicyclic amines) is 2. The van der Waals surface area contributed by atoms with Crippen molar-refractivity contribution in [2.45, 2.75) is 51.9 Å². The van der Waals surface area contributed by atoms with E-state index in [4.69, 9.17) is 9.72 Å². The van der Waals surface area contributed by atoms with E-state index in [-0.39, 0.29) is 17.7 Å². The van der Waals surface area contributed by atoms with Crippen molar-refractivity contribution >= 4 is 11.8 Å². The quantitative estimate of drug-likeness (QED) is 0.686. The fraction of sp³-hybridized carbons (Fsp3) is 0.519. The molecular formula is C27H35N3O3. The highest BCUT2D eigenvalue weighted by Gasteiger charge is 2.30. The summed E-state index contributed by atoms with van der Waals surface area (Å²) in [5.74, 6) is 1.90. The standard InChI is InChI=1S/C27H35N3O3/c1-19-9-13-30(14-10-19)27(32)24-8-7-20(2)28-26(24)22-11-15-29(16-12-22)25(31)18-21-5-4-6-23(17-21)33-3/h4-8,17,19,22H,9-16,18H2,1-3H3. The molecule has 1 aromatic heterocycles. The third-order valence-corrected chi connectivity index (χ3v) is 7.09. The van der Waals surface area contributed by atoms with Gasteiger partial charge >= 0.3 is 0 Å². The van der Waals surface area contributed by atoms with Crippen molar-refractivity contribution < 1.29 is 14.3 Å². The number of benzene rings is 1. The molecule has 0 radical (unpaired) electrons. The van der Waals surface area contributed by atoms with Gasteiger partial charge in [0.05, 0.1) is 24.8 Å². The van der Waals surface area contributed by atoms with Crippen molar-refractivity contribution in [3.05, 3.63) is 58.9 Å². The van der Waals surface area contributed by atoms with E-state index in [1.807, 2.05) is 53.1 Å². The van der Waals surface area contributed by atoms with Crippen molar-refractivity contribution in [2.24, 2.45) is 5.92 Å². The maximum atomic E-state index is 13.3. The van der Waals surface area contributed by atoms with Crippen LogP contribution in [0.5, 0.6) is 5.75 Å². The van der Waals surface area contributed by atoms with Crippen LogP contribution in [0.1, 0.15) is 65.8 Å². The number of amides is 2. The highest BCUT2D eigenvalue weighted by atomic mass is 16.5. The van der Waals surface area contributed by atoms with Crippen LogP contribution in [0.25, 0.3) is 0 Å². The predicted octanol–water partition coefficient (Wildman–Crippen LogP) is 4.22. The normalized spacial score (nSPS) is 17.8. The van der Waals surface area contributed by atoms with Crippen LogP contribution in [0.3, 0.4) is 0 Å². The zero-order valence-electron chi connectivity index (χ0n) is 20.0. The van der Waals surface area contributed by atoms with Gasteiger partial charge in [0.15, 0.2) is 0 Å². The van der Waals surface area contributed by atoms with Gasteiger partial charge in [-0.05, 0) is 68.4 Å². The molecule has 4 rings (SSSR count). The SMILES string of the molecule is COc1cccc(CC(=O)N2CCC(c3nc(C)ccc3C(=O)N3CCC(C)CC3)CC2)c1. The molecule has 0 atom stereocenters. The summed E-state index contributed by atoms with van der Waals surface area (Å²) in [6.45, 7) is 7.27. The van der Waals surface area contributed by atoms with E-state index in [2.05, 4.69) is 6.92 Å². The molecule has 2 aliphatic rings. The van der Waals surface area contributed by atoms with Crippen LogP contribution in [-0.2, 0) is 11.2 Å². The van der Waals surface area contributed by atoms with E-state index >= 15 is 0 Å². The summed E-state index contributed by atoms with van der Waals surface area (Å²) in [6, 6.07) is 11.6. The maximum Gasteiger partial charge on any atom is 0.255 e. The molecule has 0 bridgehead atoms. The van der Waals surface area contributed by atoms with E-state index in [0.717, 1.165) is 67.0 Å². The molecule has 0 spiro atoms. The number of carbonyl (C=O) groups is 2. The molecule has 6 nitrogen and oxygen atoms in total. The minimum Gasteiger partial charge on any atom is -0.497 e. The smallest absolute Gasteiger partial charge is 0.255 e. The van der Waals surface area contributed by atoms with Gasteiger partial charge in [-0.3, -0.25) is 14.6 Å². The molecule has 2 saturated heterocycles. The van der Waals surface area contributed by atoms with Crippen molar-refractivity contribution in [3.63, 3.8) is 0 Å². The molecule has 6 heteroatoms. The molecule has 2 aliphatic heterocycles. The molecular weight excluding hydrogens is 414 g/mol. The zero-order valence-corrected chi connectivity index (χ0v) is 20.0. The molecule has 0 aliphatic carbocycles. The van der Waals surface area contributed by atoms with E-state index in [1.165, 1.54) is 0 Å². The Bertz CT molecular complexity index is 990. The summed E-state index contributed by atoms with van der Waals surface area (Å²) in [5.41, 5.74) is 3.56. The van der Waals surface area contributed by atoms with Crippen molar-refractivity contribution in [2.75, 3.05) is 33.3 Å². The van der Waals surface area contributed by atoms with Gasteiger partial charge in [0.2, 0.25) is 5.91 Å². The first kappa shape index (κ1) is 23.3. The molecule has 2 aromatic rings. The van der Waals surface area contributed by atoms with Gasteiger partial charge in [-0.15, -0.1) is 0 Å². The average molecular weight is 450 g/mol. The van der Waals surface area contributed by atoms with Crippen LogP contribution < -0.4 is 4.74 Å². The third-order valence-electron chi connectivity index (χ3n) is 7.09. The fourth-order valence-electron chi connectivity index (χ4n) is 4.92. The van der Waals surface area contributed by atoms with Crippen LogP contribution in [-0.4, -0.2) is 59.9 Å². The summed E-state index contributed by atoms with van der Waals surface area (Å²) in [6.07, 6.45) is 4.17. The summed E-state index contributed by atoms with van der Waals surface area (Å²) >= 11 is 0. The van der Waals surface area contributed by atoms with Gasteiger partial charge in [0.25, 0.3) is 5.91 Å². The summed E-state index contributed by atoms with van der Waals surface area (Å²) in [4.78, 5) is 35.0. The molecule has 0 N–H and O–H groups in total. The lowest BCUT2D eigenvalue weighted by molar-refractivity contribution is -0.131. The number of rotatable bonds is 5. The Labute approximate surface area is 196 Å². The Morgan fingerprint density at radius 3 is 2.39 bits per heavy atom. The lowest BCUT2D eigenvalue weighted by atomic mass is 9.89. The second-order valence-corrected chi connectivity index (χ2v) is 9.54. The van der Waals surface area contributed by atoms with Gasteiger partial charge in [-0.2, -0.15) is 0 Å². The van der Waals surface area contributed by atoms with Crippen LogP contribution in [0.4, 0.5) is 0 Å². The lowest BCUT2D eigenvalue weighted by Gasteiger charge is -2.34. The molecule has 3 heterocycles. The van der Waals surface area contributed by atoms with Crippen LogP contribution in [0.15, 0.2) is 36.4 Å². The zero-order chi connectivity index (χ0) is 23.4. The molecule has 176 valence electrons. The second kappa shape index (κ2) is 10.4. The van der Waals surface area contributed by atoms with Crippen LogP contribution >= 0.6 is 0 Å². The van der Waals surface area contributed by atoms with Crippen LogP contribution in [0, 0.1) is 12.8 Å². The van der Waals surface area contributed by atoms with Crippen molar-refractivity contribution in [1.29, 1.82) is 0 Å². The lowest BCUT2D eigenvalue weighted by Crippen LogP contribution is -2.40. The van der Waals surface area contributed by atoms with Gasteiger partial charge in [0, 0.05) is 37.8 Å². The van der Waals surface area contributed by atoms with Crippen molar-refractivity contribution in [1.82, 2.24) is 14.8 Å². The monoisotopic (exact) mass is 449 g/mol. The van der Waals surface area contributed by atoms with Gasteiger partial charge < -0.3 is 14.5 Å². The molecule has 0 saturated carbocycles. The first-order valence-corrected chi connectivity index (χ1v) is 12.1. The number of carbonyl (C=O) groups excluding carboxylic acids is 2. The first-order valence-electron chi connectivity index (χ1n) is 12.1. The molecule has 1 aromatic carbocycles. The average Bonchev–Trinajstić information content (AvgIpc) is 2.84. The van der Waals surface area contributed by atoms with Crippen molar-refractivity contribution in [3.8, 4) is 5.75 Å². The second-order valence-electron chi connectivity index (χ2n) is 9.54. The van der Waals surface area contributed by atoms with E-state index < -0.39 is 0 Å². The number of piperidine rings is 2. The Morgan fingerprint density at radius 1 is 1.00 bits per heavy atom. The topological polar surface area (TPSA) is 62.7 Å². The van der Waals surface area contributed by atoms with E-state index in [1.54, 1.807) is 7.11 Å². The highest BCUT2D eigenvalue weighted by molar-refractivity contribution is 5.95. The minimum absolute atomic E-state index is 0.112. The number of nitrogens with zero attached hydrogens (tertiary/aromatic N) is 3. The molecule has 0 unspecified atom stereocenters. The Kier molecular flexibility index (Phi) is 7.31. The number of hydrogen-bond acceptors (Lipinski definition) is 4. The molecule has 2 amide bonds. The fourth-order valence-corrected chi connectivity index (χ4v) is 4.92. The summed E-state index contributed by atoms with van der Waals surface area (Å²) in [5, 5.41) is 0. The van der Waals surface area contributed by atoms with Crippen LogP contribution in [0.2, 0.25) is 0 Å². The number of aryl methyl sites for hydroxylation is 1. The summed E-state index contributed by atoms with van der Waals surface area (Å²) in [7, 11) is 1.63. The van der Waals surface area contributed by atoms with Gasteiger partial charge in [0.1, 0.15) is 5.75 Å². The largest absolute Gasteiger partial charge is 0.497 e. The molecule has 33 heavy (non-hydrogen) atoms. The van der Waals surface area contributed by atoms with E-state index in [9.17, 15) is 9.59 Å². The number of aromatic nitrogens is 1. The summed E-state index contributed by atoms with van der Waals surface area (Å²) < 4.78 is 5.27. The highest BCUT2D eigenvalue weighted by Crippen LogP contribution is 2.31. The number of ether oxygens (including phenoxy) is 1. The number of pyridine rings is 1. The molecule has 2 fully saturated rings. The third kappa shape index (κ3) is 5.55. The van der Waals surface area contributed by atoms with Gasteiger partial charge in [-0.1, -0.05) is 19.1 Å². The minimum atomic E-state index is 0.112. The number of methoxy groups -OCH3 is 1. The first-order chi connectivity index (χ1) is 15.9. The predicted molar refractivity (Wildman–Crippen MR) is 129 cm³/mol. The Balaban J connectivity index is 1.41. The Morgan fingerprint density at radius 2 is 1.70 bits per heavy atom.